The standard InChI is InChI=1S/C27H24O2P/c1-21-18-19-26(29-22(2)28)27(20-21)30(23-12-6-3-7-13-23,24-14-8-4-9-15-24)25-16-10-5-11-17-25/h3-20H,1-2H3/q+1. The summed E-state index contributed by atoms with van der Waals surface area (Å²) in [5, 5.41) is 4.73. The highest BCUT2D eigenvalue weighted by Gasteiger charge is 2.50. The molecule has 4 aromatic rings. The molecule has 0 aliphatic rings. The average Bonchev–Trinajstić information content (AvgIpc) is 2.78. The van der Waals surface area contributed by atoms with Crippen LogP contribution in [0.2, 0.25) is 0 Å². The van der Waals surface area contributed by atoms with Crippen molar-refractivity contribution in [1.82, 2.24) is 0 Å². The predicted octanol–water partition coefficient (Wildman–Crippen LogP) is 4.54. The molecular formula is C27H24O2P+. The lowest BCUT2D eigenvalue weighted by Crippen LogP contribution is -2.39. The first-order chi connectivity index (χ1) is 14.6. The van der Waals surface area contributed by atoms with E-state index in [-0.39, 0.29) is 5.97 Å². The summed E-state index contributed by atoms with van der Waals surface area (Å²) < 4.78 is 5.76. The summed E-state index contributed by atoms with van der Waals surface area (Å²) >= 11 is 0. The molecule has 0 fully saturated rings. The third-order valence-corrected chi connectivity index (χ3v) is 9.45. The molecule has 0 radical (unpaired) electrons. The van der Waals surface area contributed by atoms with Crippen LogP contribution in [0.1, 0.15) is 12.5 Å². The number of rotatable bonds is 5. The Morgan fingerprint density at radius 3 is 1.50 bits per heavy atom. The Balaban J connectivity index is 2.17. The van der Waals surface area contributed by atoms with Crippen molar-refractivity contribution in [2.45, 2.75) is 13.8 Å². The van der Waals surface area contributed by atoms with Crippen molar-refractivity contribution in [2.24, 2.45) is 0 Å². The van der Waals surface area contributed by atoms with Crippen molar-refractivity contribution in [2.75, 3.05) is 0 Å². The zero-order valence-electron chi connectivity index (χ0n) is 17.2. The van der Waals surface area contributed by atoms with Crippen LogP contribution in [0.3, 0.4) is 0 Å². The lowest BCUT2D eigenvalue weighted by atomic mass is 10.2. The minimum absolute atomic E-state index is 0.313. The maximum atomic E-state index is 12.0. The van der Waals surface area contributed by atoms with Gasteiger partial charge in [0.1, 0.15) is 23.2 Å². The molecule has 0 spiro atoms. The van der Waals surface area contributed by atoms with E-state index in [1.54, 1.807) is 0 Å². The summed E-state index contributed by atoms with van der Waals surface area (Å²) in [5.41, 5.74) is 1.13. The molecule has 0 aliphatic carbocycles. The molecular weight excluding hydrogens is 387 g/mol. The van der Waals surface area contributed by atoms with Gasteiger partial charge in [0, 0.05) is 6.92 Å². The fourth-order valence-electron chi connectivity index (χ4n) is 3.95. The smallest absolute Gasteiger partial charge is 0.308 e. The number of carbonyl (C=O) groups is 1. The van der Waals surface area contributed by atoms with Crippen LogP contribution in [0.15, 0.2) is 109 Å². The summed E-state index contributed by atoms with van der Waals surface area (Å²) in [4.78, 5) is 12.0. The molecule has 0 atom stereocenters. The van der Waals surface area contributed by atoms with Crippen molar-refractivity contribution >= 4 is 34.4 Å². The largest absolute Gasteiger partial charge is 0.422 e. The third-order valence-electron chi connectivity index (χ3n) is 5.16. The maximum Gasteiger partial charge on any atom is 0.308 e. The van der Waals surface area contributed by atoms with Gasteiger partial charge in [0.25, 0.3) is 0 Å². The molecule has 30 heavy (non-hydrogen) atoms. The van der Waals surface area contributed by atoms with E-state index in [4.69, 9.17) is 4.74 Å². The quantitative estimate of drug-likeness (QED) is 0.274. The molecule has 0 saturated carbocycles. The number of carbonyl (C=O) groups excluding carboxylic acids is 1. The highest BCUT2D eigenvalue weighted by Crippen LogP contribution is 2.56. The first kappa shape index (κ1) is 20.1. The summed E-state index contributed by atoms with van der Waals surface area (Å²) in [6.07, 6.45) is 0. The highest BCUT2D eigenvalue weighted by atomic mass is 31.2. The van der Waals surface area contributed by atoms with Crippen LogP contribution < -0.4 is 26.0 Å². The second-order valence-electron chi connectivity index (χ2n) is 7.24. The Bertz CT molecular complexity index is 1040. The van der Waals surface area contributed by atoms with Gasteiger partial charge >= 0.3 is 5.97 Å². The van der Waals surface area contributed by atoms with Gasteiger partial charge in [0.05, 0.1) is 0 Å². The summed E-state index contributed by atoms with van der Waals surface area (Å²) in [5.74, 6) is 0.311. The minimum atomic E-state index is -2.30. The van der Waals surface area contributed by atoms with Crippen LogP contribution in [0.5, 0.6) is 5.75 Å². The second kappa shape index (κ2) is 8.65. The van der Waals surface area contributed by atoms with Gasteiger partial charge in [0.2, 0.25) is 0 Å². The Hall–Kier alpha value is -3.22. The Morgan fingerprint density at radius 1 is 0.667 bits per heavy atom. The number of ether oxygens (including phenoxy) is 1. The van der Waals surface area contributed by atoms with Gasteiger partial charge in [-0.1, -0.05) is 60.7 Å². The second-order valence-corrected chi connectivity index (χ2v) is 10.6. The van der Waals surface area contributed by atoms with Crippen molar-refractivity contribution in [1.29, 1.82) is 0 Å². The predicted molar refractivity (Wildman–Crippen MR) is 127 cm³/mol. The molecule has 4 rings (SSSR count). The molecule has 0 amide bonds. The zero-order valence-corrected chi connectivity index (χ0v) is 18.1. The van der Waals surface area contributed by atoms with E-state index in [2.05, 4.69) is 85.8 Å². The molecule has 0 aliphatic heterocycles. The molecule has 4 aromatic carbocycles. The highest BCUT2D eigenvalue weighted by molar-refractivity contribution is 8.01. The fraction of sp³-hybridized carbons (Fsp3) is 0.0741. The molecule has 0 bridgehead atoms. The maximum absolute atomic E-state index is 12.0. The van der Waals surface area contributed by atoms with Gasteiger partial charge < -0.3 is 4.74 Å². The number of benzene rings is 4. The van der Waals surface area contributed by atoms with Crippen molar-refractivity contribution in [3.63, 3.8) is 0 Å². The van der Waals surface area contributed by atoms with E-state index in [0.29, 0.717) is 5.75 Å². The topological polar surface area (TPSA) is 26.3 Å². The Labute approximate surface area is 178 Å². The van der Waals surface area contributed by atoms with Crippen LogP contribution in [-0.2, 0) is 4.79 Å². The van der Waals surface area contributed by atoms with Crippen LogP contribution in [0.25, 0.3) is 0 Å². The molecule has 0 heterocycles. The van der Waals surface area contributed by atoms with Crippen molar-refractivity contribution in [3.05, 3.63) is 115 Å². The van der Waals surface area contributed by atoms with Gasteiger partial charge in [0.15, 0.2) is 11.1 Å². The SMILES string of the molecule is CC(=O)Oc1ccc(C)cc1[P+](c1ccccc1)(c1ccccc1)c1ccccc1. The monoisotopic (exact) mass is 411 g/mol. The van der Waals surface area contributed by atoms with Crippen molar-refractivity contribution in [3.8, 4) is 5.75 Å². The van der Waals surface area contributed by atoms with Crippen LogP contribution in [0.4, 0.5) is 0 Å². The third kappa shape index (κ3) is 3.67. The molecule has 3 heteroatoms. The number of hydrogen-bond acceptors (Lipinski definition) is 2. The van der Waals surface area contributed by atoms with E-state index in [1.165, 1.54) is 22.8 Å². The molecule has 148 valence electrons. The minimum Gasteiger partial charge on any atom is -0.422 e. The average molecular weight is 411 g/mol. The molecule has 0 N–H and O–H groups in total. The van der Waals surface area contributed by atoms with E-state index < -0.39 is 7.26 Å². The van der Waals surface area contributed by atoms with Crippen LogP contribution in [0, 0.1) is 6.92 Å². The van der Waals surface area contributed by atoms with Crippen molar-refractivity contribution < 1.29 is 9.53 Å². The van der Waals surface area contributed by atoms with Gasteiger partial charge in [-0.05, 0) is 61.0 Å². The number of hydrogen-bond donors (Lipinski definition) is 0. The fourth-order valence-corrected chi connectivity index (χ4v) is 8.38. The van der Waals surface area contributed by atoms with Gasteiger partial charge in [-0.25, -0.2) is 0 Å². The lowest BCUT2D eigenvalue weighted by molar-refractivity contribution is -0.131. The normalized spacial score (nSPS) is 11.1. The first-order valence-corrected chi connectivity index (χ1v) is 11.8. The molecule has 0 aromatic heterocycles. The molecule has 2 nitrogen and oxygen atoms in total. The summed E-state index contributed by atoms with van der Waals surface area (Å²) in [6.45, 7) is 3.54. The van der Waals surface area contributed by atoms with E-state index >= 15 is 0 Å². The Kier molecular flexibility index (Phi) is 5.79. The zero-order chi connectivity index (χ0) is 21.0. The van der Waals surface area contributed by atoms with Gasteiger partial charge in [-0.3, -0.25) is 4.79 Å². The van der Waals surface area contributed by atoms with E-state index in [0.717, 1.165) is 10.9 Å². The van der Waals surface area contributed by atoms with Gasteiger partial charge in [-0.15, -0.1) is 0 Å². The van der Waals surface area contributed by atoms with Gasteiger partial charge in [-0.2, -0.15) is 0 Å². The Morgan fingerprint density at radius 2 is 1.10 bits per heavy atom. The molecule has 0 unspecified atom stereocenters. The number of esters is 1. The van der Waals surface area contributed by atoms with Crippen LogP contribution >= 0.6 is 7.26 Å². The van der Waals surface area contributed by atoms with E-state index in [9.17, 15) is 4.79 Å². The first-order valence-electron chi connectivity index (χ1n) is 9.98. The van der Waals surface area contributed by atoms with Crippen LogP contribution in [-0.4, -0.2) is 5.97 Å². The molecule has 0 saturated heterocycles. The lowest BCUT2D eigenvalue weighted by Gasteiger charge is -2.28. The summed E-state index contributed by atoms with van der Waals surface area (Å²) in [6, 6.07) is 37.8. The number of aryl methyl sites for hydroxylation is 1. The summed E-state index contributed by atoms with van der Waals surface area (Å²) in [7, 11) is -2.30. The van der Waals surface area contributed by atoms with E-state index in [1.807, 2.05) is 30.3 Å².